The molecule has 5 heteroatoms. The van der Waals surface area contributed by atoms with Crippen LogP contribution in [0.3, 0.4) is 0 Å². The van der Waals surface area contributed by atoms with E-state index < -0.39 is 0 Å². The number of ether oxygens (including phenoxy) is 1. The van der Waals surface area contributed by atoms with E-state index in [9.17, 15) is 9.59 Å². The van der Waals surface area contributed by atoms with Gasteiger partial charge in [0.05, 0.1) is 6.61 Å². The maximum atomic E-state index is 12.5. The van der Waals surface area contributed by atoms with Crippen LogP contribution in [0, 0.1) is 19.8 Å². The monoisotopic (exact) mass is 414 g/mol. The Morgan fingerprint density at radius 2 is 1.47 bits per heavy atom. The molecule has 5 nitrogen and oxygen atoms in total. The number of hydrogen-bond acceptors (Lipinski definition) is 3. The van der Waals surface area contributed by atoms with Crippen molar-refractivity contribution in [3.8, 4) is 5.75 Å². The summed E-state index contributed by atoms with van der Waals surface area (Å²) in [7, 11) is 0. The van der Waals surface area contributed by atoms with Crippen LogP contribution in [0.2, 0.25) is 0 Å². The van der Waals surface area contributed by atoms with E-state index in [0.29, 0.717) is 52.0 Å². The van der Waals surface area contributed by atoms with Gasteiger partial charge >= 0.3 is 0 Å². The van der Waals surface area contributed by atoms with Gasteiger partial charge in [0.25, 0.3) is 0 Å². The fourth-order valence-corrected chi connectivity index (χ4v) is 4.75. The van der Waals surface area contributed by atoms with Crippen molar-refractivity contribution in [2.24, 2.45) is 5.92 Å². The minimum atomic E-state index is 0.175. The van der Waals surface area contributed by atoms with Crippen molar-refractivity contribution in [3.63, 3.8) is 0 Å². The van der Waals surface area contributed by atoms with Gasteiger partial charge in [0.2, 0.25) is 11.8 Å². The molecule has 0 N–H and O–H groups in total. The van der Waals surface area contributed by atoms with Gasteiger partial charge in [0.15, 0.2) is 0 Å². The lowest BCUT2D eigenvalue weighted by Gasteiger charge is -2.35. The lowest BCUT2D eigenvalue weighted by molar-refractivity contribution is -0.139. The van der Waals surface area contributed by atoms with Gasteiger partial charge in [0.1, 0.15) is 5.75 Å². The highest BCUT2D eigenvalue weighted by molar-refractivity contribution is 5.78. The molecule has 2 aliphatic rings. The molecular formula is C25H38N2O3. The lowest BCUT2D eigenvalue weighted by atomic mass is 9.86. The molecule has 1 heterocycles. The molecule has 2 amide bonds. The number of carbonyl (C=O) groups is 2. The molecular weight excluding hydrogens is 376 g/mol. The molecule has 1 saturated carbocycles. The zero-order valence-electron chi connectivity index (χ0n) is 18.8. The summed E-state index contributed by atoms with van der Waals surface area (Å²) in [6.07, 6.45) is 9.54. The maximum Gasteiger partial charge on any atom is 0.222 e. The summed E-state index contributed by atoms with van der Waals surface area (Å²) in [5.41, 5.74) is 2.26. The van der Waals surface area contributed by atoms with Crippen LogP contribution in [-0.4, -0.2) is 54.4 Å². The van der Waals surface area contributed by atoms with Crippen molar-refractivity contribution >= 4 is 11.8 Å². The number of amides is 2. The number of piperazine rings is 1. The second-order valence-corrected chi connectivity index (χ2v) is 8.98. The molecule has 0 spiro atoms. The fourth-order valence-electron chi connectivity index (χ4n) is 4.75. The minimum Gasteiger partial charge on any atom is -0.493 e. The van der Waals surface area contributed by atoms with Crippen LogP contribution in [0.25, 0.3) is 0 Å². The van der Waals surface area contributed by atoms with E-state index in [-0.39, 0.29) is 11.8 Å². The molecule has 0 atom stereocenters. The summed E-state index contributed by atoms with van der Waals surface area (Å²) < 4.78 is 5.91. The van der Waals surface area contributed by atoms with Gasteiger partial charge in [-0.2, -0.15) is 0 Å². The summed E-state index contributed by atoms with van der Waals surface area (Å²) in [5.74, 6) is 2.13. The van der Waals surface area contributed by atoms with Crippen molar-refractivity contribution in [1.29, 1.82) is 0 Å². The standard InChI is InChI=1S/C25H38N2O3/c1-20-8-6-9-21(2)25(20)30-19-7-12-23(28)26-15-17-27(18-16-26)24(29)14-13-22-10-4-3-5-11-22/h6,8-9,22H,3-5,7,10-19H2,1-2H3. The van der Waals surface area contributed by atoms with Crippen LogP contribution < -0.4 is 4.74 Å². The average Bonchev–Trinajstić information content (AvgIpc) is 2.77. The predicted octanol–water partition coefficient (Wildman–Crippen LogP) is 4.49. The molecule has 30 heavy (non-hydrogen) atoms. The van der Waals surface area contributed by atoms with E-state index in [4.69, 9.17) is 4.74 Å². The Hall–Kier alpha value is -2.04. The van der Waals surface area contributed by atoms with Gasteiger partial charge in [-0.1, -0.05) is 50.3 Å². The number of aryl methyl sites for hydroxylation is 2. The Morgan fingerprint density at radius 3 is 2.07 bits per heavy atom. The van der Waals surface area contributed by atoms with E-state index in [2.05, 4.69) is 0 Å². The van der Waals surface area contributed by atoms with Crippen molar-refractivity contribution in [3.05, 3.63) is 29.3 Å². The summed E-state index contributed by atoms with van der Waals surface area (Å²) in [4.78, 5) is 28.9. The number of hydrogen-bond donors (Lipinski definition) is 0. The van der Waals surface area contributed by atoms with E-state index in [1.807, 2.05) is 41.8 Å². The first-order chi connectivity index (χ1) is 14.5. The van der Waals surface area contributed by atoms with Crippen molar-refractivity contribution in [2.45, 2.75) is 71.6 Å². The number of benzene rings is 1. The summed E-state index contributed by atoms with van der Waals surface area (Å²) in [6, 6.07) is 6.12. The van der Waals surface area contributed by atoms with E-state index in [1.54, 1.807) is 0 Å². The second kappa shape index (κ2) is 11.4. The third-order valence-corrected chi connectivity index (χ3v) is 6.67. The highest BCUT2D eigenvalue weighted by Crippen LogP contribution is 2.27. The smallest absolute Gasteiger partial charge is 0.222 e. The van der Waals surface area contributed by atoms with Crippen LogP contribution in [-0.2, 0) is 9.59 Å². The molecule has 1 saturated heterocycles. The maximum absolute atomic E-state index is 12.5. The van der Waals surface area contributed by atoms with E-state index >= 15 is 0 Å². The average molecular weight is 415 g/mol. The van der Waals surface area contributed by atoms with Gasteiger partial charge in [-0.05, 0) is 43.7 Å². The first-order valence-corrected chi connectivity index (χ1v) is 11.8. The molecule has 0 unspecified atom stereocenters. The van der Waals surface area contributed by atoms with Gasteiger partial charge in [-0.15, -0.1) is 0 Å². The second-order valence-electron chi connectivity index (χ2n) is 8.98. The molecule has 1 aliphatic heterocycles. The van der Waals surface area contributed by atoms with Crippen LogP contribution >= 0.6 is 0 Å². The number of nitrogens with zero attached hydrogens (tertiary/aromatic N) is 2. The molecule has 0 aromatic heterocycles. The predicted molar refractivity (Wildman–Crippen MR) is 120 cm³/mol. The topological polar surface area (TPSA) is 49.9 Å². The number of rotatable bonds is 8. The SMILES string of the molecule is Cc1cccc(C)c1OCCCC(=O)N1CCN(C(=O)CCC2CCCCC2)CC1. The third kappa shape index (κ3) is 6.48. The molecule has 1 aromatic rings. The molecule has 3 rings (SSSR count). The summed E-state index contributed by atoms with van der Waals surface area (Å²) in [5, 5.41) is 0. The highest BCUT2D eigenvalue weighted by atomic mass is 16.5. The summed E-state index contributed by atoms with van der Waals surface area (Å²) >= 11 is 0. The lowest BCUT2D eigenvalue weighted by Crippen LogP contribution is -2.50. The zero-order valence-corrected chi connectivity index (χ0v) is 18.8. The van der Waals surface area contributed by atoms with Gasteiger partial charge in [-0.25, -0.2) is 0 Å². The van der Waals surface area contributed by atoms with E-state index in [0.717, 1.165) is 29.2 Å². The van der Waals surface area contributed by atoms with Crippen LogP contribution in [0.1, 0.15) is 68.9 Å². The minimum absolute atomic E-state index is 0.175. The first-order valence-electron chi connectivity index (χ1n) is 11.8. The van der Waals surface area contributed by atoms with E-state index in [1.165, 1.54) is 32.1 Å². The molecule has 1 aliphatic carbocycles. The quantitative estimate of drug-likeness (QED) is 0.589. The Morgan fingerprint density at radius 1 is 0.900 bits per heavy atom. The molecule has 2 fully saturated rings. The molecule has 1 aromatic carbocycles. The van der Waals surface area contributed by atoms with Crippen molar-refractivity contribution < 1.29 is 14.3 Å². The summed E-state index contributed by atoms with van der Waals surface area (Å²) in [6.45, 7) is 7.31. The number of carbonyl (C=O) groups excluding carboxylic acids is 2. The highest BCUT2D eigenvalue weighted by Gasteiger charge is 2.24. The number of para-hydroxylation sites is 1. The normalized spacial score (nSPS) is 17.8. The Kier molecular flexibility index (Phi) is 8.59. The van der Waals surface area contributed by atoms with Crippen molar-refractivity contribution in [2.75, 3.05) is 32.8 Å². The van der Waals surface area contributed by atoms with Gasteiger partial charge in [0, 0.05) is 39.0 Å². The fraction of sp³-hybridized carbons (Fsp3) is 0.680. The van der Waals surface area contributed by atoms with Gasteiger partial charge < -0.3 is 14.5 Å². The zero-order chi connectivity index (χ0) is 21.3. The third-order valence-electron chi connectivity index (χ3n) is 6.67. The molecule has 0 bridgehead atoms. The van der Waals surface area contributed by atoms with Crippen LogP contribution in [0.4, 0.5) is 0 Å². The Balaban J connectivity index is 1.31. The van der Waals surface area contributed by atoms with Crippen molar-refractivity contribution in [1.82, 2.24) is 9.80 Å². The first kappa shape index (κ1) is 22.6. The Labute approximate surface area is 181 Å². The Bertz CT molecular complexity index is 684. The van der Waals surface area contributed by atoms with Crippen LogP contribution in [0.15, 0.2) is 18.2 Å². The molecule has 0 radical (unpaired) electrons. The largest absolute Gasteiger partial charge is 0.493 e. The van der Waals surface area contributed by atoms with Gasteiger partial charge in [-0.3, -0.25) is 9.59 Å². The van der Waals surface area contributed by atoms with Crippen LogP contribution in [0.5, 0.6) is 5.75 Å². The molecule has 166 valence electrons.